The Morgan fingerprint density at radius 2 is 2.08 bits per heavy atom. The third kappa shape index (κ3) is 1.09. The minimum atomic E-state index is 1.01. The summed E-state index contributed by atoms with van der Waals surface area (Å²) in [5.41, 5.74) is 3.71. The molecule has 0 saturated carbocycles. The Kier molecular flexibility index (Phi) is 1.82. The van der Waals surface area contributed by atoms with Gasteiger partial charge in [0, 0.05) is 5.56 Å². The molecule has 0 amide bonds. The van der Waals surface area contributed by atoms with Gasteiger partial charge in [-0.05, 0) is 18.4 Å². The summed E-state index contributed by atoms with van der Waals surface area (Å²) in [4.78, 5) is 4.77. The highest BCUT2D eigenvalue weighted by molar-refractivity contribution is 6.04. The van der Waals surface area contributed by atoms with Gasteiger partial charge in [0.15, 0.2) is 0 Å². The summed E-state index contributed by atoms with van der Waals surface area (Å²) < 4.78 is 0. The molecule has 1 aromatic rings. The standard InChI is InChI=1S/C10H11NO/c1-12-11-10-7-6-8-4-2-3-5-9(8)10/h2-5H,6-7H2,1H3. The van der Waals surface area contributed by atoms with Crippen LogP contribution in [0.15, 0.2) is 29.4 Å². The third-order valence-electron chi connectivity index (χ3n) is 2.16. The summed E-state index contributed by atoms with van der Waals surface area (Å²) in [6.45, 7) is 0. The summed E-state index contributed by atoms with van der Waals surface area (Å²) in [5.74, 6) is 0. The lowest BCUT2D eigenvalue weighted by Crippen LogP contribution is -1.94. The summed E-state index contributed by atoms with van der Waals surface area (Å²) in [7, 11) is 1.59. The van der Waals surface area contributed by atoms with Crippen molar-refractivity contribution >= 4 is 5.71 Å². The first-order valence-electron chi connectivity index (χ1n) is 4.10. The Bertz CT molecular complexity index is 317. The maximum atomic E-state index is 4.77. The molecule has 0 aliphatic heterocycles. The van der Waals surface area contributed by atoms with Crippen molar-refractivity contribution in [2.24, 2.45) is 5.16 Å². The Morgan fingerprint density at radius 3 is 2.92 bits per heavy atom. The van der Waals surface area contributed by atoms with Crippen molar-refractivity contribution in [3.05, 3.63) is 35.4 Å². The topological polar surface area (TPSA) is 21.6 Å². The first-order chi connectivity index (χ1) is 5.92. The first-order valence-corrected chi connectivity index (χ1v) is 4.10. The molecule has 2 nitrogen and oxygen atoms in total. The molecule has 0 atom stereocenters. The van der Waals surface area contributed by atoms with E-state index in [4.69, 9.17) is 4.84 Å². The maximum absolute atomic E-state index is 4.77. The van der Waals surface area contributed by atoms with E-state index in [0.29, 0.717) is 0 Å². The average molecular weight is 161 g/mol. The lowest BCUT2D eigenvalue weighted by atomic mass is 10.1. The molecule has 0 heterocycles. The van der Waals surface area contributed by atoms with Gasteiger partial charge in [0.05, 0.1) is 5.71 Å². The van der Waals surface area contributed by atoms with Crippen molar-refractivity contribution < 1.29 is 4.84 Å². The van der Waals surface area contributed by atoms with E-state index in [1.165, 1.54) is 11.1 Å². The molecule has 0 spiro atoms. The SMILES string of the molecule is CON=C1CCc2ccccc21. The van der Waals surface area contributed by atoms with Crippen LogP contribution in [0.2, 0.25) is 0 Å². The Balaban J connectivity index is 2.43. The normalized spacial score (nSPS) is 17.9. The lowest BCUT2D eigenvalue weighted by molar-refractivity contribution is 0.213. The van der Waals surface area contributed by atoms with Crippen LogP contribution in [0.25, 0.3) is 0 Å². The molecule has 2 heteroatoms. The van der Waals surface area contributed by atoms with Crippen molar-refractivity contribution in [1.29, 1.82) is 0 Å². The van der Waals surface area contributed by atoms with Crippen LogP contribution in [0.4, 0.5) is 0 Å². The van der Waals surface area contributed by atoms with Gasteiger partial charge in [-0.2, -0.15) is 0 Å². The zero-order chi connectivity index (χ0) is 8.39. The molecule has 62 valence electrons. The average Bonchev–Trinajstić information content (AvgIpc) is 2.50. The van der Waals surface area contributed by atoms with Gasteiger partial charge in [0.1, 0.15) is 7.11 Å². The van der Waals surface area contributed by atoms with Crippen LogP contribution in [-0.2, 0) is 11.3 Å². The summed E-state index contributed by atoms with van der Waals surface area (Å²) >= 11 is 0. The van der Waals surface area contributed by atoms with Crippen molar-refractivity contribution in [3.8, 4) is 0 Å². The number of rotatable bonds is 1. The molecule has 2 rings (SSSR count). The van der Waals surface area contributed by atoms with Gasteiger partial charge in [-0.15, -0.1) is 0 Å². The lowest BCUT2D eigenvalue weighted by Gasteiger charge is -1.97. The Labute approximate surface area is 71.8 Å². The minimum absolute atomic E-state index is 1.01. The van der Waals surface area contributed by atoms with E-state index in [-0.39, 0.29) is 0 Å². The molecule has 0 N–H and O–H groups in total. The number of aryl methyl sites for hydroxylation is 1. The van der Waals surface area contributed by atoms with Gasteiger partial charge in [0.2, 0.25) is 0 Å². The number of benzene rings is 1. The van der Waals surface area contributed by atoms with Crippen LogP contribution in [0.1, 0.15) is 17.5 Å². The highest BCUT2D eigenvalue weighted by atomic mass is 16.6. The molecule has 0 radical (unpaired) electrons. The van der Waals surface area contributed by atoms with Crippen LogP contribution >= 0.6 is 0 Å². The molecule has 0 aromatic heterocycles. The summed E-state index contributed by atoms with van der Waals surface area (Å²) in [6.07, 6.45) is 2.10. The molecule has 1 aromatic carbocycles. The van der Waals surface area contributed by atoms with Gasteiger partial charge in [-0.3, -0.25) is 0 Å². The van der Waals surface area contributed by atoms with Gasteiger partial charge < -0.3 is 4.84 Å². The molecule has 0 saturated heterocycles. The second-order valence-corrected chi connectivity index (χ2v) is 2.88. The molecule has 1 aliphatic rings. The number of fused-ring (bicyclic) bond motifs is 1. The fourth-order valence-electron chi connectivity index (χ4n) is 1.61. The Morgan fingerprint density at radius 1 is 1.25 bits per heavy atom. The molecule has 0 unspecified atom stereocenters. The second-order valence-electron chi connectivity index (χ2n) is 2.88. The number of hydrogen-bond acceptors (Lipinski definition) is 2. The zero-order valence-corrected chi connectivity index (χ0v) is 7.08. The van der Waals surface area contributed by atoms with Crippen molar-refractivity contribution in [1.82, 2.24) is 0 Å². The fourth-order valence-corrected chi connectivity index (χ4v) is 1.61. The molecular formula is C10H11NO. The predicted molar refractivity (Wildman–Crippen MR) is 48.3 cm³/mol. The largest absolute Gasteiger partial charge is 0.399 e. The van der Waals surface area contributed by atoms with Gasteiger partial charge >= 0.3 is 0 Å². The predicted octanol–water partition coefficient (Wildman–Crippen LogP) is 1.98. The summed E-state index contributed by atoms with van der Waals surface area (Å²) in [5, 5.41) is 3.98. The van der Waals surface area contributed by atoms with Crippen LogP contribution in [0, 0.1) is 0 Å². The van der Waals surface area contributed by atoms with E-state index in [1.807, 2.05) is 6.07 Å². The van der Waals surface area contributed by atoms with Gasteiger partial charge in [-0.1, -0.05) is 29.4 Å². The van der Waals surface area contributed by atoms with E-state index in [1.54, 1.807) is 7.11 Å². The monoisotopic (exact) mass is 161 g/mol. The van der Waals surface area contributed by atoms with E-state index >= 15 is 0 Å². The Hall–Kier alpha value is -1.31. The highest BCUT2D eigenvalue weighted by Crippen LogP contribution is 2.21. The van der Waals surface area contributed by atoms with Crippen LogP contribution in [0.3, 0.4) is 0 Å². The molecule has 0 fully saturated rings. The maximum Gasteiger partial charge on any atom is 0.106 e. The van der Waals surface area contributed by atoms with E-state index in [9.17, 15) is 0 Å². The molecule has 1 aliphatic carbocycles. The number of hydrogen-bond donors (Lipinski definition) is 0. The fraction of sp³-hybridized carbons (Fsp3) is 0.300. The zero-order valence-electron chi connectivity index (χ0n) is 7.08. The minimum Gasteiger partial charge on any atom is -0.399 e. The van der Waals surface area contributed by atoms with Crippen LogP contribution < -0.4 is 0 Å². The van der Waals surface area contributed by atoms with E-state index in [0.717, 1.165) is 18.6 Å². The van der Waals surface area contributed by atoms with Gasteiger partial charge in [0.25, 0.3) is 0 Å². The number of oxime groups is 1. The first kappa shape index (κ1) is 7.35. The smallest absolute Gasteiger partial charge is 0.106 e. The van der Waals surface area contributed by atoms with E-state index in [2.05, 4.69) is 23.4 Å². The third-order valence-corrected chi connectivity index (χ3v) is 2.16. The quantitative estimate of drug-likeness (QED) is 0.577. The van der Waals surface area contributed by atoms with Crippen molar-refractivity contribution in [2.45, 2.75) is 12.8 Å². The van der Waals surface area contributed by atoms with Crippen molar-refractivity contribution in [3.63, 3.8) is 0 Å². The second kappa shape index (κ2) is 2.97. The highest BCUT2D eigenvalue weighted by Gasteiger charge is 2.16. The van der Waals surface area contributed by atoms with Gasteiger partial charge in [-0.25, -0.2) is 0 Å². The van der Waals surface area contributed by atoms with Crippen LogP contribution in [0.5, 0.6) is 0 Å². The molecular weight excluding hydrogens is 150 g/mol. The van der Waals surface area contributed by atoms with Crippen LogP contribution in [-0.4, -0.2) is 12.8 Å². The van der Waals surface area contributed by atoms with Crippen molar-refractivity contribution in [2.75, 3.05) is 7.11 Å². The summed E-state index contributed by atoms with van der Waals surface area (Å²) in [6, 6.07) is 8.34. The molecule has 0 bridgehead atoms. The molecule has 12 heavy (non-hydrogen) atoms. The number of nitrogens with zero attached hydrogens (tertiary/aromatic N) is 1. The van der Waals surface area contributed by atoms with E-state index < -0.39 is 0 Å².